The molecule has 0 bridgehead atoms. The highest BCUT2D eigenvalue weighted by atomic mass is 35.5. The second kappa shape index (κ2) is 5.59. The summed E-state index contributed by atoms with van der Waals surface area (Å²) in [5.74, 6) is -7.52. The van der Waals surface area contributed by atoms with E-state index in [1.54, 1.807) is 0 Å². The third kappa shape index (κ3) is 3.84. The van der Waals surface area contributed by atoms with Crippen LogP contribution in [0.25, 0.3) is 0 Å². The van der Waals surface area contributed by atoms with Crippen molar-refractivity contribution in [3.8, 4) is 0 Å². The molecule has 0 aliphatic rings. The molecule has 1 aromatic rings. The summed E-state index contributed by atoms with van der Waals surface area (Å²) >= 11 is 5.45. The molecule has 0 spiro atoms. The van der Waals surface area contributed by atoms with Crippen molar-refractivity contribution in [3.05, 3.63) is 34.6 Å². The quantitative estimate of drug-likeness (QED) is 0.757. The van der Waals surface area contributed by atoms with Crippen molar-refractivity contribution in [3.63, 3.8) is 0 Å². The van der Waals surface area contributed by atoms with E-state index in [-0.39, 0.29) is 0 Å². The second-order valence-electron chi connectivity index (χ2n) is 3.86. The summed E-state index contributed by atoms with van der Waals surface area (Å²) in [7, 11) is 0. The van der Waals surface area contributed by atoms with Crippen LogP contribution < -0.4 is 0 Å². The molecule has 9 heteroatoms. The third-order valence-corrected chi connectivity index (χ3v) is 2.74. The fraction of sp³-hybridized carbons (Fsp3) is 0.364. The molecular weight excluding hydrogens is 317 g/mol. The van der Waals surface area contributed by atoms with Gasteiger partial charge in [0.25, 0.3) is 0 Å². The third-order valence-electron chi connectivity index (χ3n) is 2.39. The summed E-state index contributed by atoms with van der Waals surface area (Å²) in [6, 6.07) is 2.95. The van der Waals surface area contributed by atoms with Gasteiger partial charge in [-0.1, -0.05) is 17.7 Å². The number of Topliss-reactive ketones (excluding diaryl/α,β-unsaturated/α-hetero) is 1. The Morgan fingerprint density at radius 2 is 1.60 bits per heavy atom. The molecule has 112 valence electrons. The number of ketones is 1. The van der Waals surface area contributed by atoms with E-state index in [2.05, 4.69) is 0 Å². The molecule has 0 atom stereocenters. The van der Waals surface area contributed by atoms with Gasteiger partial charge in [-0.25, -0.2) is 4.39 Å². The van der Waals surface area contributed by atoms with E-state index in [0.717, 1.165) is 18.2 Å². The highest BCUT2D eigenvalue weighted by Gasteiger charge is 2.60. The minimum absolute atomic E-state index is 0.415. The van der Waals surface area contributed by atoms with Crippen molar-refractivity contribution < 1.29 is 35.5 Å². The number of alkyl halides is 6. The molecule has 0 N–H and O–H groups in total. The van der Waals surface area contributed by atoms with E-state index in [4.69, 9.17) is 11.6 Å². The van der Waals surface area contributed by atoms with Gasteiger partial charge in [-0.05, 0) is 12.1 Å². The number of carbonyl (C=O) groups excluding carboxylic acids is 1. The van der Waals surface area contributed by atoms with Crippen LogP contribution in [0.2, 0.25) is 5.02 Å². The molecule has 0 aliphatic carbocycles. The molecule has 0 heterocycles. The summed E-state index contributed by atoms with van der Waals surface area (Å²) in [4.78, 5) is 11.2. The van der Waals surface area contributed by atoms with Gasteiger partial charge < -0.3 is 0 Å². The van der Waals surface area contributed by atoms with Crippen LogP contribution in [0.5, 0.6) is 0 Å². The van der Waals surface area contributed by atoms with Crippen LogP contribution in [0, 0.1) is 11.7 Å². The summed E-state index contributed by atoms with van der Waals surface area (Å²) in [6.07, 6.45) is -13.0. The van der Waals surface area contributed by atoms with Gasteiger partial charge in [-0.15, -0.1) is 0 Å². The van der Waals surface area contributed by atoms with Crippen molar-refractivity contribution in [1.82, 2.24) is 0 Å². The van der Waals surface area contributed by atoms with Crippen molar-refractivity contribution >= 4 is 17.4 Å². The molecule has 0 aromatic heterocycles. The zero-order valence-corrected chi connectivity index (χ0v) is 10.2. The zero-order valence-electron chi connectivity index (χ0n) is 9.45. The number of rotatable bonds is 3. The normalized spacial score (nSPS) is 12.8. The van der Waals surface area contributed by atoms with Gasteiger partial charge >= 0.3 is 12.4 Å². The summed E-state index contributed by atoms with van der Waals surface area (Å²) in [5.41, 5.74) is -0.697. The molecule has 20 heavy (non-hydrogen) atoms. The highest BCUT2D eigenvalue weighted by Crippen LogP contribution is 2.40. The number of hydrogen-bond donors (Lipinski definition) is 0. The molecule has 0 saturated carbocycles. The molecule has 1 rings (SSSR count). The minimum Gasteiger partial charge on any atom is -0.298 e. The van der Waals surface area contributed by atoms with Crippen molar-refractivity contribution in [2.45, 2.75) is 18.8 Å². The molecule has 0 saturated heterocycles. The first kappa shape index (κ1) is 16.7. The lowest BCUT2D eigenvalue weighted by molar-refractivity contribution is -0.273. The van der Waals surface area contributed by atoms with Gasteiger partial charge in [0.15, 0.2) is 5.78 Å². The highest BCUT2D eigenvalue weighted by molar-refractivity contribution is 6.31. The maximum atomic E-state index is 13.3. The first-order valence-corrected chi connectivity index (χ1v) is 5.41. The Hall–Kier alpha value is -1.31. The standard InChI is InChI=1S/C11H6ClF7O/c12-6-2-1-3-7(13)5(6)4-8(20)9(10(14,15)16)11(17,18)19/h1-3,9H,4H2. The number of carbonyl (C=O) groups is 1. The lowest BCUT2D eigenvalue weighted by atomic mass is 9.96. The molecule has 1 nitrogen and oxygen atoms in total. The van der Waals surface area contributed by atoms with Crippen molar-refractivity contribution in [2.24, 2.45) is 5.92 Å². The molecule has 0 aliphatic heterocycles. The Balaban J connectivity index is 3.11. The van der Waals surface area contributed by atoms with Crippen LogP contribution in [0.1, 0.15) is 5.56 Å². The molecule has 0 amide bonds. The van der Waals surface area contributed by atoms with E-state index in [9.17, 15) is 35.5 Å². The summed E-state index contributed by atoms with van der Waals surface area (Å²) in [6.45, 7) is 0. The van der Waals surface area contributed by atoms with Crippen LogP contribution in [0.15, 0.2) is 18.2 Å². The maximum Gasteiger partial charge on any atom is 0.407 e. The van der Waals surface area contributed by atoms with E-state index < -0.39 is 46.9 Å². The topological polar surface area (TPSA) is 17.1 Å². The first-order valence-electron chi connectivity index (χ1n) is 5.03. The lowest BCUT2D eigenvalue weighted by Crippen LogP contribution is -2.43. The van der Waals surface area contributed by atoms with E-state index in [1.807, 2.05) is 0 Å². The Morgan fingerprint density at radius 1 is 1.10 bits per heavy atom. The van der Waals surface area contributed by atoms with Crippen molar-refractivity contribution in [2.75, 3.05) is 0 Å². The fourth-order valence-corrected chi connectivity index (χ4v) is 1.76. The average molecular weight is 323 g/mol. The zero-order chi connectivity index (χ0) is 15.7. The largest absolute Gasteiger partial charge is 0.407 e. The summed E-state index contributed by atoms with van der Waals surface area (Å²) in [5, 5.41) is -0.415. The van der Waals surface area contributed by atoms with Gasteiger partial charge in [-0.3, -0.25) is 4.79 Å². The lowest BCUT2D eigenvalue weighted by Gasteiger charge is -2.21. The Kier molecular flexibility index (Phi) is 4.68. The van der Waals surface area contributed by atoms with E-state index in [0.29, 0.717) is 0 Å². The monoisotopic (exact) mass is 322 g/mol. The molecule has 1 aromatic carbocycles. The van der Waals surface area contributed by atoms with Crippen molar-refractivity contribution in [1.29, 1.82) is 0 Å². The molecule has 0 unspecified atom stereocenters. The first-order chi connectivity index (χ1) is 8.94. The summed E-state index contributed by atoms with van der Waals surface area (Å²) < 4.78 is 87.1. The Morgan fingerprint density at radius 3 is 2.00 bits per heavy atom. The predicted octanol–water partition coefficient (Wildman–Crippen LogP) is 4.33. The maximum absolute atomic E-state index is 13.3. The predicted molar refractivity (Wildman–Crippen MR) is 55.7 cm³/mol. The van der Waals surface area contributed by atoms with E-state index in [1.165, 1.54) is 0 Å². The smallest absolute Gasteiger partial charge is 0.298 e. The van der Waals surface area contributed by atoms with Crippen LogP contribution in [0.3, 0.4) is 0 Å². The Bertz CT molecular complexity index is 472. The van der Waals surface area contributed by atoms with Gasteiger partial charge in [0.05, 0.1) is 0 Å². The average Bonchev–Trinajstić information content (AvgIpc) is 2.19. The Labute approximate surface area is 113 Å². The van der Waals surface area contributed by atoms with Gasteiger partial charge in [0.2, 0.25) is 5.92 Å². The van der Waals surface area contributed by atoms with E-state index >= 15 is 0 Å². The molecule has 0 radical (unpaired) electrons. The van der Waals surface area contributed by atoms with Gasteiger partial charge in [0.1, 0.15) is 5.82 Å². The molecular formula is C11H6ClF7O. The fourth-order valence-electron chi connectivity index (χ4n) is 1.53. The van der Waals surface area contributed by atoms with Crippen LogP contribution in [-0.4, -0.2) is 18.1 Å². The molecule has 0 fully saturated rings. The van der Waals surface area contributed by atoms with Crippen LogP contribution in [-0.2, 0) is 11.2 Å². The van der Waals surface area contributed by atoms with Gasteiger partial charge in [-0.2, -0.15) is 26.3 Å². The van der Waals surface area contributed by atoms with Gasteiger partial charge in [0, 0.05) is 17.0 Å². The second-order valence-corrected chi connectivity index (χ2v) is 4.27. The van der Waals surface area contributed by atoms with Crippen LogP contribution in [0.4, 0.5) is 30.7 Å². The number of benzene rings is 1. The minimum atomic E-state index is -5.80. The number of halogens is 8. The number of hydrogen-bond acceptors (Lipinski definition) is 1. The van der Waals surface area contributed by atoms with Crippen LogP contribution >= 0.6 is 11.6 Å². The SMILES string of the molecule is O=C(Cc1c(F)cccc1Cl)C(C(F)(F)F)C(F)(F)F.